The molecule has 1 aromatic heterocycles. The predicted molar refractivity (Wildman–Crippen MR) is 97.1 cm³/mol. The van der Waals surface area contributed by atoms with Crippen molar-refractivity contribution in [2.75, 3.05) is 0 Å². The maximum absolute atomic E-state index is 12.5. The van der Waals surface area contributed by atoms with Crippen molar-refractivity contribution in [2.24, 2.45) is 11.8 Å². The van der Waals surface area contributed by atoms with Crippen LogP contribution in [0.1, 0.15) is 67.8 Å². The van der Waals surface area contributed by atoms with Crippen molar-refractivity contribution in [1.29, 1.82) is 0 Å². The number of hydrogen-bond donors (Lipinski definition) is 3. The van der Waals surface area contributed by atoms with Gasteiger partial charge < -0.3 is 9.73 Å². The highest BCUT2D eigenvalue weighted by Gasteiger charge is 2.29. The summed E-state index contributed by atoms with van der Waals surface area (Å²) in [6, 6.07) is 0.915. The second-order valence-corrected chi connectivity index (χ2v) is 7.34. The van der Waals surface area contributed by atoms with Gasteiger partial charge in [-0.15, -0.1) is 0 Å². The number of hydrazine groups is 1. The number of carbonyl (C=O) groups is 3. The van der Waals surface area contributed by atoms with E-state index in [0.717, 1.165) is 32.1 Å². The number of furan rings is 1. The first-order valence-corrected chi connectivity index (χ1v) is 9.27. The van der Waals surface area contributed by atoms with Gasteiger partial charge in [0.1, 0.15) is 17.6 Å². The van der Waals surface area contributed by atoms with Crippen LogP contribution in [0.15, 0.2) is 10.5 Å². The largest absolute Gasteiger partial charge is 0.466 e. The molecule has 1 atom stereocenters. The molecular weight excluding hydrogens is 334 g/mol. The molecule has 1 fully saturated rings. The van der Waals surface area contributed by atoms with Gasteiger partial charge in [-0.2, -0.15) is 0 Å². The van der Waals surface area contributed by atoms with Crippen LogP contribution in [0.3, 0.4) is 0 Å². The third-order valence-corrected chi connectivity index (χ3v) is 4.81. The molecule has 0 radical (unpaired) electrons. The number of amides is 3. The van der Waals surface area contributed by atoms with Crippen molar-refractivity contribution in [3.63, 3.8) is 0 Å². The summed E-state index contributed by atoms with van der Waals surface area (Å²) < 4.78 is 5.32. The van der Waals surface area contributed by atoms with Crippen LogP contribution in [0, 0.1) is 25.7 Å². The fourth-order valence-electron chi connectivity index (χ4n) is 3.29. The van der Waals surface area contributed by atoms with E-state index in [2.05, 4.69) is 16.2 Å². The fraction of sp³-hybridized carbons (Fsp3) is 0.632. The number of rotatable bonds is 5. The molecule has 3 N–H and O–H groups in total. The second-order valence-electron chi connectivity index (χ2n) is 7.34. The Morgan fingerprint density at radius 2 is 1.73 bits per heavy atom. The van der Waals surface area contributed by atoms with E-state index in [1.54, 1.807) is 19.9 Å². The standard InChI is InChI=1S/C19H29N3O4/c1-11(2)16(20-17(23)14-8-6-5-7-9-14)19(25)22-21-18(24)15-10-12(3)26-13(15)4/h10-11,14,16H,5-9H2,1-4H3,(H,20,23)(H,21,24)(H,22,25)/t16-/m0/s1. The summed E-state index contributed by atoms with van der Waals surface area (Å²) in [5.41, 5.74) is 5.17. The van der Waals surface area contributed by atoms with Gasteiger partial charge in [0.25, 0.3) is 11.8 Å². The highest BCUT2D eigenvalue weighted by Crippen LogP contribution is 2.24. The minimum absolute atomic E-state index is 0.0241. The minimum Gasteiger partial charge on any atom is -0.466 e. The first kappa shape index (κ1) is 20.0. The van der Waals surface area contributed by atoms with Crippen molar-refractivity contribution in [3.8, 4) is 0 Å². The number of hydrogen-bond acceptors (Lipinski definition) is 4. The monoisotopic (exact) mass is 363 g/mol. The Bertz CT molecular complexity index is 660. The lowest BCUT2D eigenvalue weighted by atomic mass is 9.88. The van der Waals surface area contributed by atoms with E-state index in [9.17, 15) is 14.4 Å². The zero-order valence-corrected chi connectivity index (χ0v) is 16.0. The lowest BCUT2D eigenvalue weighted by Gasteiger charge is -2.26. The maximum Gasteiger partial charge on any atom is 0.273 e. The van der Waals surface area contributed by atoms with E-state index in [1.807, 2.05) is 13.8 Å². The smallest absolute Gasteiger partial charge is 0.273 e. The molecule has 0 unspecified atom stereocenters. The fourth-order valence-corrected chi connectivity index (χ4v) is 3.29. The lowest BCUT2D eigenvalue weighted by molar-refractivity contribution is -0.133. The van der Waals surface area contributed by atoms with E-state index in [-0.39, 0.29) is 17.7 Å². The molecule has 0 aromatic carbocycles. The molecule has 0 bridgehead atoms. The summed E-state index contributed by atoms with van der Waals surface area (Å²) in [6.07, 6.45) is 5.01. The average Bonchev–Trinajstić information content (AvgIpc) is 2.95. The van der Waals surface area contributed by atoms with Gasteiger partial charge in [-0.05, 0) is 38.7 Å². The molecule has 26 heavy (non-hydrogen) atoms. The topological polar surface area (TPSA) is 100 Å². The van der Waals surface area contributed by atoms with Crippen molar-refractivity contribution >= 4 is 17.7 Å². The highest BCUT2D eigenvalue weighted by atomic mass is 16.3. The Morgan fingerprint density at radius 3 is 2.27 bits per heavy atom. The summed E-state index contributed by atoms with van der Waals surface area (Å²) in [5, 5.41) is 2.84. The van der Waals surface area contributed by atoms with Crippen LogP contribution in [-0.2, 0) is 9.59 Å². The van der Waals surface area contributed by atoms with E-state index in [0.29, 0.717) is 17.1 Å². The highest BCUT2D eigenvalue weighted by molar-refractivity contribution is 5.97. The summed E-state index contributed by atoms with van der Waals surface area (Å²) in [6.45, 7) is 7.15. The zero-order valence-electron chi connectivity index (χ0n) is 16.0. The van der Waals surface area contributed by atoms with E-state index in [4.69, 9.17) is 4.42 Å². The molecule has 3 amide bonds. The first-order chi connectivity index (χ1) is 12.3. The molecule has 0 saturated heterocycles. The first-order valence-electron chi connectivity index (χ1n) is 9.27. The molecule has 2 rings (SSSR count). The number of aryl methyl sites for hydroxylation is 2. The SMILES string of the molecule is Cc1cc(C(=O)NNC(=O)[C@@H](NC(=O)C2CCCCC2)C(C)C)c(C)o1. The molecule has 0 aliphatic heterocycles. The lowest BCUT2D eigenvalue weighted by Crippen LogP contribution is -2.55. The molecular formula is C19H29N3O4. The molecule has 7 nitrogen and oxygen atoms in total. The van der Waals surface area contributed by atoms with Crippen molar-refractivity contribution in [3.05, 3.63) is 23.2 Å². The van der Waals surface area contributed by atoms with Crippen molar-refractivity contribution in [1.82, 2.24) is 16.2 Å². The Balaban J connectivity index is 1.92. The summed E-state index contributed by atoms with van der Waals surface area (Å²) in [7, 11) is 0. The van der Waals surface area contributed by atoms with Gasteiger partial charge in [-0.3, -0.25) is 25.2 Å². The van der Waals surface area contributed by atoms with Crippen LogP contribution in [0.25, 0.3) is 0 Å². The summed E-state index contributed by atoms with van der Waals surface area (Å²) in [5.74, 6) is 0.0238. The van der Waals surface area contributed by atoms with Crippen LogP contribution in [0.5, 0.6) is 0 Å². The molecule has 1 heterocycles. The van der Waals surface area contributed by atoms with E-state index >= 15 is 0 Å². The van der Waals surface area contributed by atoms with E-state index < -0.39 is 17.9 Å². The average molecular weight is 363 g/mol. The molecule has 1 saturated carbocycles. The van der Waals surface area contributed by atoms with Crippen LogP contribution in [0.4, 0.5) is 0 Å². The van der Waals surface area contributed by atoms with Crippen molar-refractivity contribution in [2.45, 2.75) is 65.8 Å². The van der Waals surface area contributed by atoms with Crippen molar-refractivity contribution < 1.29 is 18.8 Å². The van der Waals surface area contributed by atoms with Gasteiger partial charge >= 0.3 is 0 Å². The Labute approximate surface area is 154 Å². The third kappa shape index (κ3) is 5.09. The van der Waals surface area contributed by atoms with Gasteiger partial charge in [0.15, 0.2) is 0 Å². The number of carbonyl (C=O) groups excluding carboxylic acids is 3. The normalized spacial score (nSPS) is 16.2. The van der Waals surface area contributed by atoms with E-state index in [1.165, 1.54) is 0 Å². The maximum atomic E-state index is 12.5. The second kappa shape index (κ2) is 8.87. The number of nitrogens with one attached hydrogen (secondary N) is 3. The molecule has 1 aliphatic rings. The quantitative estimate of drug-likeness (QED) is 0.699. The zero-order chi connectivity index (χ0) is 19.3. The Kier molecular flexibility index (Phi) is 6.83. The molecule has 1 aliphatic carbocycles. The molecule has 7 heteroatoms. The van der Waals surface area contributed by atoms with Gasteiger partial charge in [0, 0.05) is 5.92 Å². The molecule has 144 valence electrons. The van der Waals surface area contributed by atoms with Gasteiger partial charge in [0.2, 0.25) is 5.91 Å². The van der Waals surface area contributed by atoms with Crippen LogP contribution in [-0.4, -0.2) is 23.8 Å². The van der Waals surface area contributed by atoms with Gasteiger partial charge in [0.05, 0.1) is 5.56 Å². The van der Waals surface area contributed by atoms with Gasteiger partial charge in [-0.1, -0.05) is 33.1 Å². The van der Waals surface area contributed by atoms with Crippen LogP contribution < -0.4 is 16.2 Å². The molecule has 0 spiro atoms. The Hall–Kier alpha value is -2.31. The molecule has 1 aromatic rings. The van der Waals surface area contributed by atoms with Crippen LogP contribution >= 0.6 is 0 Å². The van der Waals surface area contributed by atoms with Crippen LogP contribution in [0.2, 0.25) is 0 Å². The predicted octanol–water partition coefficient (Wildman–Crippen LogP) is 2.38. The van der Waals surface area contributed by atoms with Gasteiger partial charge in [-0.25, -0.2) is 0 Å². The summed E-state index contributed by atoms with van der Waals surface area (Å²) in [4.78, 5) is 37.1. The summed E-state index contributed by atoms with van der Waals surface area (Å²) >= 11 is 0. The Morgan fingerprint density at radius 1 is 1.08 bits per heavy atom. The third-order valence-electron chi connectivity index (χ3n) is 4.81. The minimum atomic E-state index is -0.697.